The molecule has 0 saturated carbocycles. The van der Waals surface area contributed by atoms with Crippen LogP contribution >= 0.6 is 39.9 Å². The molecule has 7 heteroatoms. The second-order valence-corrected chi connectivity index (χ2v) is 23.5. The molecule has 1 N–H and O–H groups in total. The molecule has 18 rings (SSSR count). The van der Waals surface area contributed by atoms with E-state index in [1.807, 2.05) is 48.5 Å². The predicted octanol–water partition coefficient (Wildman–Crippen LogP) is 28.0. The van der Waals surface area contributed by atoms with Crippen LogP contribution in [0.2, 0.25) is 0 Å². The Morgan fingerprint density at radius 1 is 0.286 bits per heavy atom. The quantitative estimate of drug-likeness (QED) is 0.0981. The van der Waals surface area contributed by atoms with Crippen molar-refractivity contribution in [3.8, 4) is 61.4 Å². The normalized spacial score (nSPS) is 12.5. The first-order valence-electron chi connectivity index (χ1n) is 44.2. The average molecular weight is 1400 g/mol. The van der Waals surface area contributed by atoms with Gasteiger partial charge < -0.3 is 19.9 Å². The van der Waals surface area contributed by atoms with E-state index in [2.05, 4.69) is 277 Å². The molecular weight excluding hydrogens is 1290 g/mol. The molecule has 0 saturated heterocycles. The Hall–Kier alpha value is -10.3. The molecule has 0 fully saturated rings. The van der Waals surface area contributed by atoms with Crippen molar-refractivity contribution in [1.82, 2.24) is 0 Å². The van der Waals surface area contributed by atoms with E-state index in [9.17, 15) is 0 Å². The van der Waals surface area contributed by atoms with Crippen molar-refractivity contribution in [2.24, 2.45) is 0 Å². The van der Waals surface area contributed by atoms with Crippen LogP contribution in [0.4, 0.5) is 0 Å². The van der Waals surface area contributed by atoms with E-state index >= 15 is 0 Å². The van der Waals surface area contributed by atoms with Gasteiger partial charge in [0.15, 0.2) is 0 Å². The Kier molecular flexibility index (Phi) is 11.7. The van der Waals surface area contributed by atoms with Gasteiger partial charge in [0.05, 0.1) is 0 Å². The summed E-state index contributed by atoms with van der Waals surface area (Å²) in [6.07, 6.45) is 0. The first-order chi connectivity index (χ1) is 58.5. The van der Waals surface area contributed by atoms with E-state index in [1.165, 1.54) is 120 Å². The van der Waals surface area contributed by atoms with E-state index < -0.39 is 0 Å². The standard InChI is InChI=1S/C42H26O.C30H19Br.C12H8BO3.HI.14H2.H/c1-2-10-30-25-31(22-19-27(30)9-1)28-17-20-29(21-18-28)41-34-12-3-5-14-36(34)42(37-15-6-4-13-35(37)41)32-23-24-40-38(26-32)33-11-7-8-16-39(33)43-40;31-30-27-11-5-3-9-25(27)29(26-10-4-6-12-28(26)30)22-16-13-21(14-17-22)24-18-15-20-7-1-2-8-23(20)19-24;14-13-16-8-5-6-12-10(7-8)9-3-1-2-4-11(9)15-12;;;;;;;;;;;;;;;;/h1-26H;1-19H;1-7,14H;15*1H;/q;;;;;;;;;;;;;;;;;;-1/i;;;;14*1+1D;1+1. The van der Waals surface area contributed by atoms with Gasteiger partial charge in [0.25, 0.3) is 0 Å². The van der Waals surface area contributed by atoms with E-state index in [4.69, 9.17) is 60.1 Å². The van der Waals surface area contributed by atoms with Gasteiger partial charge >= 0.3 is 7.69 Å². The number of benzene rings is 16. The van der Waals surface area contributed by atoms with Crippen LogP contribution < -0.4 is 4.65 Å². The Bertz CT molecular complexity index is 5760. The molecule has 2 aromatic heterocycles. The summed E-state index contributed by atoms with van der Waals surface area (Å²) in [6.45, 7) is 0. The second-order valence-electron chi connectivity index (χ2n) is 22.7. The Morgan fingerprint density at radius 3 is 1.03 bits per heavy atom. The van der Waals surface area contributed by atoms with Crippen molar-refractivity contribution in [3.05, 3.63) is 320 Å². The molecule has 2 heterocycles. The summed E-state index contributed by atoms with van der Waals surface area (Å²) in [7, 11) is 0.670. The molecule has 0 aliphatic heterocycles. The highest BCUT2D eigenvalue weighted by atomic mass is 127. The Balaban J connectivity index is 0.00000162. The highest BCUT2D eigenvalue weighted by molar-refractivity contribution is 14.0. The number of hydrogen-bond acceptors (Lipinski definition) is 4. The molecule has 4 nitrogen and oxygen atoms in total. The third-order valence-corrected chi connectivity index (χ3v) is 18.4. The van der Waals surface area contributed by atoms with Gasteiger partial charge in [-0.25, -0.2) is 0 Å². The number of hydrogen-bond donors (Lipinski definition) is 1. The van der Waals surface area contributed by atoms with Crippen LogP contribution in [0.3, 0.4) is 0 Å². The van der Waals surface area contributed by atoms with Crippen molar-refractivity contribution in [2.75, 3.05) is 0 Å². The maximum atomic E-state index is 8.58. The topological polar surface area (TPSA) is 55.7 Å². The van der Waals surface area contributed by atoms with Crippen LogP contribution in [-0.4, -0.2) is 12.7 Å². The SMILES string of the molecule is Brc1c2ccccc2c(-c2ccc(-c3ccc4ccccc4c3)cc2)c2ccccc12.I.O[B]Oc1ccc2oc3ccccc3c2c1.[2H-].[2H][2H].[2H][2H].[2H][2H].[2H][2H].[2H][2H].[2H][2H].[2H][2H].[2H][2H].[2H][2H].[2H][2H].[2H][2H].[2H][2H].[2H][2H].[2H][2H].c1ccc2cc(-c3ccc(-c4c5ccccc5c(-c5ccc6oc7ccccc7c6c5)c5ccccc45)cc3)ccc2c1. The smallest absolute Gasteiger partial charge is 0.569 e. The van der Waals surface area contributed by atoms with Crippen LogP contribution in [0.1, 0.15) is 43.0 Å². The van der Waals surface area contributed by atoms with Crippen LogP contribution in [0.15, 0.2) is 329 Å². The van der Waals surface area contributed by atoms with Crippen molar-refractivity contribution in [3.63, 3.8) is 0 Å². The van der Waals surface area contributed by atoms with Gasteiger partial charge in [-0.3, -0.25) is 0 Å². The molecule has 91 heavy (non-hydrogen) atoms. The van der Waals surface area contributed by atoms with E-state index in [0.717, 1.165) is 48.3 Å². The maximum Gasteiger partial charge on any atom is 0.569 e. The van der Waals surface area contributed by atoms with Gasteiger partial charge in [-0.15, -0.1) is 24.0 Å². The van der Waals surface area contributed by atoms with Gasteiger partial charge in [0.1, 0.15) is 28.1 Å². The van der Waals surface area contributed by atoms with Gasteiger partial charge in [-0.1, -0.05) is 261 Å². The lowest BCUT2D eigenvalue weighted by atomic mass is 9.85. The molecule has 0 unspecified atom stereocenters. The number of fused-ring (bicyclic) bond motifs is 12. The first-order valence-corrected chi connectivity index (χ1v) is 31.0. The average Bonchev–Trinajstić information content (AvgIpc) is 0.869. The summed E-state index contributed by atoms with van der Waals surface area (Å²) >= 11 is 3.85. The first kappa shape index (κ1) is 43.4. The molecule has 0 aliphatic rings. The predicted molar refractivity (Wildman–Crippen MR) is 429 cm³/mol. The third-order valence-electron chi connectivity index (χ3n) is 17.5. The van der Waals surface area contributed by atoms with Crippen molar-refractivity contribution in [2.45, 2.75) is 0 Å². The minimum Gasteiger partial charge on any atom is -1.00 e. The van der Waals surface area contributed by atoms with Crippen LogP contribution in [0.5, 0.6) is 5.75 Å². The fraction of sp³-hybridized carbons (Fsp3) is 0. The minimum atomic E-state index is 0. The van der Waals surface area contributed by atoms with Crippen LogP contribution in [-0.2, 0) is 0 Å². The molecule has 461 valence electrons. The molecule has 0 bridgehead atoms. The van der Waals surface area contributed by atoms with E-state index in [1.54, 1.807) is 6.07 Å². The fourth-order valence-electron chi connectivity index (χ4n) is 13.3. The summed E-state index contributed by atoms with van der Waals surface area (Å²) in [6, 6.07) is 112. The Morgan fingerprint density at radius 2 is 0.593 bits per heavy atom. The lowest BCUT2D eigenvalue weighted by Crippen LogP contribution is -1.98. The van der Waals surface area contributed by atoms with Crippen molar-refractivity contribution >= 4 is 156 Å². The number of rotatable bonds is 7. The Labute approximate surface area is 596 Å². The summed E-state index contributed by atoms with van der Waals surface area (Å²) in [5.74, 6) is 0.585. The van der Waals surface area contributed by atoms with Gasteiger partial charge in [0.2, 0.25) is 0 Å². The molecule has 1 radical (unpaired) electrons. The van der Waals surface area contributed by atoms with Gasteiger partial charge in [0, 0.05) is 67.6 Å². The third kappa shape index (κ3) is 10.6. The zero-order valence-corrected chi connectivity index (χ0v) is 53.0. The molecule has 0 amide bonds. The molecule has 0 aliphatic carbocycles. The summed E-state index contributed by atoms with van der Waals surface area (Å²) in [5.41, 5.74) is 15.9. The second kappa shape index (κ2) is 24.6. The van der Waals surface area contributed by atoms with Gasteiger partial charge in [-0.05, 0) is 191 Å². The number of halogens is 2. The van der Waals surface area contributed by atoms with E-state index in [-0.39, 0.29) is 25.4 Å². The van der Waals surface area contributed by atoms with Crippen molar-refractivity contribution in [1.29, 1.82) is 0 Å². The maximum absolute atomic E-state index is 8.58. The van der Waals surface area contributed by atoms with Gasteiger partial charge in [-0.2, -0.15) is 0 Å². The molecule has 0 spiro atoms. The lowest BCUT2D eigenvalue weighted by molar-refractivity contribution is 0.454. The lowest BCUT2D eigenvalue weighted by Gasteiger charge is -2.18. The molecule has 0 atom stereocenters. The molecule has 16 aromatic carbocycles. The highest BCUT2D eigenvalue weighted by Crippen LogP contribution is 2.46. The molecular formula is C84H83BBrIO4-. The zero-order valence-electron chi connectivity index (χ0n) is 78.1. The summed E-state index contributed by atoms with van der Waals surface area (Å²) in [5, 5.41) is 28.0. The fourth-order valence-corrected chi connectivity index (χ4v) is 13.9. The van der Waals surface area contributed by atoms with Crippen LogP contribution in [0.25, 0.3) is 164 Å². The highest BCUT2D eigenvalue weighted by Gasteiger charge is 2.19. The monoisotopic (exact) mass is 1400 g/mol. The zero-order chi connectivity index (χ0) is 88.1. The van der Waals surface area contributed by atoms with E-state index in [0.29, 0.717) is 13.4 Å². The summed E-state index contributed by atoms with van der Waals surface area (Å²) < 4.78 is 158. The number of para-hydroxylation sites is 2. The van der Waals surface area contributed by atoms with Crippen molar-refractivity contribution < 1.29 is 61.5 Å². The number of furan rings is 2. The summed E-state index contributed by atoms with van der Waals surface area (Å²) in [4.78, 5) is 0. The largest absolute Gasteiger partial charge is 1.00 e. The van der Waals surface area contributed by atoms with Crippen LogP contribution in [0, 0.1) is 0 Å². The molecule has 18 aromatic rings. The minimum absolute atomic E-state index is 0.